The summed E-state index contributed by atoms with van der Waals surface area (Å²) in [5.41, 5.74) is 0.724. The van der Waals surface area contributed by atoms with Crippen LogP contribution in [0.4, 0.5) is 0 Å². The topological polar surface area (TPSA) is 46.1 Å². The van der Waals surface area contributed by atoms with Crippen LogP contribution in [0.1, 0.15) is 17.4 Å². The Hall–Kier alpha value is -0.520. The molecule has 1 fully saturated rings. The molecule has 6 heteroatoms. The van der Waals surface area contributed by atoms with Gasteiger partial charge in [0.1, 0.15) is 5.69 Å². The maximum atomic E-state index is 11.9. The predicted octanol–water partition coefficient (Wildman–Crippen LogP) is 1.64. The maximum Gasteiger partial charge on any atom is 0.267 e. The molecule has 1 aromatic rings. The van der Waals surface area contributed by atoms with Gasteiger partial charge in [0.25, 0.3) is 5.91 Å². The molecule has 4 nitrogen and oxygen atoms in total. The monoisotopic (exact) mass is 321 g/mol. The van der Waals surface area contributed by atoms with E-state index in [1.165, 1.54) is 0 Å². The summed E-state index contributed by atoms with van der Waals surface area (Å²) in [6, 6.07) is 1.86. The Morgan fingerprint density at radius 3 is 2.88 bits per heavy atom. The molecule has 1 aliphatic heterocycles. The van der Waals surface area contributed by atoms with Crippen molar-refractivity contribution in [3.8, 4) is 0 Å². The van der Waals surface area contributed by atoms with Crippen LogP contribution in [0, 0.1) is 5.92 Å². The van der Waals surface area contributed by atoms with Gasteiger partial charge in [-0.3, -0.25) is 4.79 Å². The molecule has 0 aromatic carbocycles. The number of hydrogen-bond acceptors (Lipinski definition) is 2. The van der Waals surface area contributed by atoms with Gasteiger partial charge in [-0.2, -0.15) is 0 Å². The van der Waals surface area contributed by atoms with E-state index >= 15 is 0 Å². The molecule has 0 spiro atoms. The molecule has 2 heterocycles. The highest BCUT2D eigenvalue weighted by Crippen LogP contribution is 2.15. The average Bonchev–Trinajstić information content (AvgIpc) is 2.57. The van der Waals surface area contributed by atoms with Gasteiger partial charge in [0.2, 0.25) is 0 Å². The molecule has 0 unspecified atom stereocenters. The van der Waals surface area contributed by atoms with E-state index in [1.807, 2.05) is 23.8 Å². The Morgan fingerprint density at radius 2 is 2.35 bits per heavy atom. The molecule has 0 saturated carbocycles. The van der Waals surface area contributed by atoms with E-state index in [9.17, 15) is 4.79 Å². The van der Waals surface area contributed by atoms with Gasteiger partial charge >= 0.3 is 0 Å². The zero-order valence-corrected chi connectivity index (χ0v) is 12.1. The molecular formula is C11H17BrClN3O. The number of hydrogen-bond donors (Lipinski definition) is 2. The first kappa shape index (κ1) is 14.5. The molecule has 1 aliphatic rings. The normalized spacial score (nSPS) is 14.9. The third-order valence-electron chi connectivity index (χ3n) is 2.85. The minimum Gasteiger partial charge on any atom is -0.350 e. The summed E-state index contributed by atoms with van der Waals surface area (Å²) in [6.07, 6.45) is 1.93. The van der Waals surface area contributed by atoms with Crippen LogP contribution >= 0.6 is 28.3 Å². The summed E-state index contributed by atoms with van der Waals surface area (Å²) in [4.78, 5) is 11.9. The molecule has 0 bridgehead atoms. The van der Waals surface area contributed by atoms with Crippen molar-refractivity contribution in [3.63, 3.8) is 0 Å². The summed E-state index contributed by atoms with van der Waals surface area (Å²) in [5.74, 6) is 0.608. The van der Waals surface area contributed by atoms with Crippen LogP contribution < -0.4 is 10.6 Å². The lowest BCUT2D eigenvalue weighted by molar-refractivity contribution is 0.0933. The molecule has 2 N–H and O–H groups in total. The van der Waals surface area contributed by atoms with E-state index in [4.69, 9.17) is 0 Å². The van der Waals surface area contributed by atoms with Gasteiger partial charge in [0.15, 0.2) is 0 Å². The number of nitrogens with zero attached hydrogens (tertiary/aromatic N) is 1. The van der Waals surface area contributed by atoms with Gasteiger partial charge in [0.05, 0.1) is 0 Å². The first-order valence-corrected chi connectivity index (χ1v) is 6.34. The van der Waals surface area contributed by atoms with Crippen molar-refractivity contribution in [1.29, 1.82) is 0 Å². The Morgan fingerprint density at radius 1 is 1.65 bits per heavy atom. The molecule has 1 aromatic heterocycles. The fraction of sp³-hybridized carbons (Fsp3) is 0.545. The van der Waals surface area contributed by atoms with Crippen LogP contribution in [0.5, 0.6) is 0 Å². The minimum atomic E-state index is 0. The lowest BCUT2D eigenvalue weighted by atomic mass is 10.0. The Labute approximate surface area is 116 Å². The van der Waals surface area contributed by atoms with Crippen molar-refractivity contribution in [2.24, 2.45) is 5.92 Å². The predicted molar refractivity (Wildman–Crippen MR) is 73.7 cm³/mol. The molecule has 0 aliphatic carbocycles. The van der Waals surface area contributed by atoms with Crippen molar-refractivity contribution in [2.45, 2.75) is 13.5 Å². The fourth-order valence-electron chi connectivity index (χ4n) is 1.75. The van der Waals surface area contributed by atoms with E-state index in [2.05, 4.69) is 26.6 Å². The van der Waals surface area contributed by atoms with Crippen LogP contribution in [-0.4, -0.2) is 30.1 Å². The number of halogens is 2. The van der Waals surface area contributed by atoms with E-state index in [1.54, 1.807) is 0 Å². The third-order valence-corrected chi connectivity index (χ3v) is 3.29. The van der Waals surface area contributed by atoms with Crippen molar-refractivity contribution < 1.29 is 4.79 Å². The smallest absolute Gasteiger partial charge is 0.267 e. The standard InChI is InChI=1S/C11H16BrN3O.ClH/c1-2-15-7-9(12)3-10(15)11(16)14-6-8-4-13-5-8;/h3,7-8,13H,2,4-6H2,1H3,(H,14,16);1H. The zero-order chi connectivity index (χ0) is 11.5. The largest absolute Gasteiger partial charge is 0.350 e. The summed E-state index contributed by atoms with van der Waals surface area (Å²) in [5, 5.41) is 6.16. The van der Waals surface area contributed by atoms with E-state index in [0.717, 1.165) is 36.3 Å². The molecule has 17 heavy (non-hydrogen) atoms. The lowest BCUT2D eigenvalue weighted by Crippen LogP contribution is -2.48. The molecule has 0 atom stereocenters. The van der Waals surface area contributed by atoms with E-state index in [0.29, 0.717) is 5.92 Å². The number of nitrogens with one attached hydrogen (secondary N) is 2. The SMILES string of the molecule is CCn1cc(Br)cc1C(=O)NCC1CNC1.Cl. The van der Waals surface area contributed by atoms with Crippen molar-refractivity contribution >= 4 is 34.2 Å². The molecule has 1 saturated heterocycles. The highest BCUT2D eigenvalue weighted by molar-refractivity contribution is 9.10. The highest BCUT2D eigenvalue weighted by Gasteiger charge is 2.18. The summed E-state index contributed by atoms with van der Waals surface area (Å²) in [7, 11) is 0. The van der Waals surface area contributed by atoms with Crippen LogP contribution in [0.25, 0.3) is 0 Å². The van der Waals surface area contributed by atoms with Crippen LogP contribution in [-0.2, 0) is 6.54 Å². The van der Waals surface area contributed by atoms with Gasteiger partial charge in [-0.25, -0.2) is 0 Å². The van der Waals surface area contributed by atoms with Gasteiger partial charge in [-0.05, 0) is 28.9 Å². The van der Waals surface area contributed by atoms with Crippen molar-refractivity contribution in [3.05, 3.63) is 22.4 Å². The van der Waals surface area contributed by atoms with Gasteiger partial charge < -0.3 is 15.2 Å². The number of amides is 1. The quantitative estimate of drug-likeness (QED) is 0.885. The van der Waals surface area contributed by atoms with E-state index < -0.39 is 0 Å². The number of aryl methyl sites for hydroxylation is 1. The fourth-order valence-corrected chi connectivity index (χ4v) is 2.21. The molecule has 96 valence electrons. The molecular weight excluding hydrogens is 305 g/mol. The first-order valence-electron chi connectivity index (χ1n) is 5.55. The second kappa shape index (κ2) is 6.42. The van der Waals surface area contributed by atoms with E-state index in [-0.39, 0.29) is 18.3 Å². The molecule has 0 radical (unpaired) electrons. The Kier molecular flexibility index (Phi) is 5.49. The minimum absolute atomic E-state index is 0. The summed E-state index contributed by atoms with van der Waals surface area (Å²) < 4.78 is 2.89. The van der Waals surface area contributed by atoms with Crippen molar-refractivity contribution in [1.82, 2.24) is 15.2 Å². The number of carbonyl (C=O) groups is 1. The zero-order valence-electron chi connectivity index (χ0n) is 9.70. The number of aromatic nitrogens is 1. The highest BCUT2D eigenvalue weighted by atomic mass is 79.9. The van der Waals surface area contributed by atoms with Crippen molar-refractivity contribution in [2.75, 3.05) is 19.6 Å². The molecule has 1 amide bonds. The first-order chi connectivity index (χ1) is 7.70. The maximum absolute atomic E-state index is 11.9. The third kappa shape index (κ3) is 3.47. The van der Waals surface area contributed by atoms with Gasteiger partial charge in [0, 0.05) is 42.8 Å². The second-order valence-corrected chi connectivity index (χ2v) is 4.98. The van der Waals surface area contributed by atoms with Crippen LogP contribution in [0.15, 0.2) is 16.7 Å². The summed E-state index contributed by atoms with van der Waals surface area (Å²) >= 11 is 3.39. The summed E-state index contributed by atoms with van der Waals surface area (Å²) in [6.45, 7) is 5.62. The number of rotatable bonds is 4. The van der Waals surface area contributed by atoms with Crippen LogP contribution in [0.3, 0.4) is 0 Å². The Bertz CT molecular complexity index is 390. The van der Waals surface area contributed by atoms with Gasteiger partial charge in [-0.1, -0.05) is 0 Å². The van der Waals surface area contributed by atoms with Gasteiger partial charge in [-0.15, -0.1) is 12.4 Å². The second-order valence-electron chi connectivity index (χ2n) is 4.06. The lowest BCUT2D eigenvalue weighted by Gasteiger charge is -2.27. The van der Waals surface area contributed by atoms with Crippen LogP contribution in [0.2, 0.25) is 0 Å². The Balaban J connectivity index is 0.00000144. The number of carbonyl (C=O) groups excluding carboxylic acids is 1. The average molecular weight is 323 g/mol. The molecule has 2 rings (SSSR count).